The smallest absolute Gasteiger partial charge is 0.207 e. The number of hydrogen-bond donors (Lipinski definition) is 2. The predicted molar refractivity (Wildman–Crippen MR) is 114 cm³/mol. The molecule has 2 aromatic heterocycles. The largest absolute Gasteiger partial charge is 0.360 e. The Morgan fingerprint density at radius 2 is 1.11 bits per heavy atom. The molecule has 0 bridgehead atoms. The van der Waals surface area contributed by atoms with Gasteiger partial charge in [0.1, 0.15) is 23.3 Å². The van der Waals surface area contributed by atoms with E-state index < -0.39 is 0 Å². The number of benzene rings is 2. The number of nitriles is 2. The molecule has 6 nitrogen and oxygen atoms in total. The van der Waals surface area contributed by atoms with Gasteiger partial charge in [0.2, 0.25) is 10.9 Å². The summed E-state index contributed by atoms with van der Waals surface area (Å²) in [5.74, 6) is 0. The second-order valence-corrected chi connectivity index (χ2v) is 7.50. The number of fused-ring (bicyclic) bond motifs is 2. The van der Waals surface area contributed by atoms with E-state index in [1.54, 1.807) is 24.3 Å². The molecule has 0 fully saturated rings. The van der Waals surface area contributed by atoms with Gasteiger partial charge in [-0.05, 0) is 36.4 Å². The van der Waals surface area contributed by atoms with Crippen LogP contribution in [0.15, 0.2) is 67.3 Å². The van der Waals surface area contributed by atoms with Gasteiger partial charge in [-0.2, -0.15) is 10.5 Å². The maximum atomic E-state index is 11.6. The van der Waals surface area contributed by atoms with Gasteiger partial charge in [0.25, 0.3) is 0 Å². The van der Waals surface area contributed by atoms with E-state index in [9.17, 15) is 9.59 Å². The number of nitrogens with zero attached hydrogens (tertiary/aromatic N) is 2. The lowest BCUT2D eigenvalue weighted by atomic mass is 10.1. The average molecular weight is 498 g/mol. The summed E-state index contributed by atoms with van der Waals surface area (Å²) < 4.78 is 1.65. The van der Waals surface area contributed by atoms with Gasteiger partial charge < -0.3 is 9.97 Å². The molecule has 4 aromatic rings. The fraction of sp³-hybridized carbons (Fsp3) is 0. The summed E-state index contributed by atoms with van der Waals surface area (Å²) >= 11 is 6.55. The van der Waals surface area contributed by atoms with Gasteiger partial charge in [0.15, 0.2) is 0 Å². The van der Waals surface area contributed by atoms with Crippen LogP contribution in [0, 0.1) is 22.7 Å². The normalized spacial score (nSPS) is 10.0. The van der Waals surface area contributed by atoms with Crippen molar-refractivity contribution < 1.29 is 0 Å². The minimum absolute atomic E-state index is 0.135. The van der Waals surface area contributed by atoms with E-state index in [0.29, 0.717) is 10.8 Å². The zero-order valence-electron chi connectivity index (χ0n) is 14.1. The summed E-state index contributed by atoms with van der Waals surface area (Å²) in [5.41, 5.74) is 1.27. The summed E-state index contributed by atoms with van der Waals surface area (Å²) in [7, 11) is 0. The number of halogens is 2. The quantitative estimate of drug-likeness (QED) is 0.376. The Morgan fingerprint density at radius 3 is 1.46 bits per heavy atom. The molecule has 2 N–H and O–H groups in total. The van der Waals surface area contributed by atoms with Gasteiger partial charge in [-0.1, -0.05) is 31.9 Å². The number of aromatic nitrogens is 2. The van der Waals surface area contributed by atoms with E-state index >= 15 is 0 Å². The van der Waals surface area contributed by atoms with Crippen molar-refractivity contribution in [3.8, 4) is 12.1 Å². The van der Waals surface area contributed by atoms with Crippen molar-refractivity contribution in [1.82, 2.24) is 9.97 Å². The van der Waals surface area contributed by atoms with Crippen molar-refractivity contribution >= 4 is 53.7 Å². The molecule has 0 saturated heterocycles. The van der Waals surface area contributed by atoms with E-state index in [0.717, 1.165) is 20.0 Å². The third kappa shape index (κ3) is 3.89. The van der Waals surface area contributed by atoms with Gasteiger partial charge in [-0.15, -0.1) is 0 Å². The van der Waals surface area contributed by atoms with Crippen LogP contribution in [0.3, 0.4) is 0 Å². The summed E-state index contributed by atoms with van der Waals surface area (Å²) in [6, 6.07) is 14.4. The second kappa shape index (κ2) is 8.22. The third-order valence-electron chi connectivity index (χ3n) is 3.93. The first-order chi connectivity index (χ1) is 13.4. The lowest BCUT2D eigenvalue weighted by molar-refractivity contribution is 1.34. The van der Waals surface area contributed by atoms with Crippen molar-refractivity contribution in [3.05, 3.63) is 89.3 Å². The summed E-state index contributed by atoms with van der Waals surface area (Å²) in [6.07, 6.45) is 2.86. The molecule has 0 atom stereocenters. The molecule has 0 radical (unpaired) electrons. The molecule has 0 amide bonds. The molecule has 0 saturated carbocycles. The summed E-state index contributed by atoms with van der Waals surface area (Å²) in [6.45, 7) is 0. The van der Waals surface area contributed by atoms with Crippen LogP contribution < -0.4 is 10.9 Å². The van der Waals surface area contributed by atoms with Gasteiger partial charge in [-0.3, -0.25) is 9.59 Å². The number of nitrogens with one attached hydrogen (secondary N) is 2. The van der Waals surface area contributed by atoms with Crippen LogP contribution in [-0.2, 0) is 0 Å². The molecule has 28 heavy (non-hydrogen) atoms. The Morgan fingerprint density at radius 1 is 0.714 bits per heavy atom. The van der Waals surface area contributed by atoms with Crippen molar-refractivity contribution in [2.45, 2.75) is 0 Å². The fourth-order valence-corrected chi connectivity index (χ4v) is 3.27. The molecular formula is C20H10Br2N4O2. The first-order valence-corrected chi connectivity index (χ1v) is 9.45. The third-order valence-corrected chi connectivity index (χ3v) is 4.91. The van der Waals surface area contributed by atoms with E-state index in [1.807, 2.05) is 24.3 Å². The Bertz CT molecular complexity index is 1300. The fourth-order valence-electron chi connectivity index (χ4n) is 2.55. The molecule has 0 aliphatic heterocycles. The number of pyridine rings is 2. The van der Waals surface area contributed by atoms with Crippen LogP contribution in [0.25, 0.3) is 21.8 Å². The highest BCUT2D eigenvalue weighted by molar-refractivity contribution is 9.10. The molecule has 0 aliphatic rings. The zero-order chi connectivity index (χ0) is 20.3. The molecule has 0 unspecified atom stereocenters. The first-order valence-electron chi connectivity index (χ1n) is 7.86. The van der Waals surface area contributed by atoms with Crippen LogP contribution in [0.1, 0.15) is 11.1 Å². The van der Waals surface area contributed by atoms with Crippen LogP contribution in [0.2, 0.25) is 0 Å². The molecule has 4 rings (SSSR count). The maximum Gasteiger partial charge on any atom is 0.207 e. The van der Waals surface area contributed by atoms with Gasteiger partial charge in [0.05, 0.1) is 0 Å². The van der Waals surface area contributed by atoms with Crippen molar-refractivity contribution in [2.75, 3.05) is 0 Å². The van der Waals surface area contributed by atoms with Gasteiger partial charge >= 0.3 is 0 Å². The highest BCUT2D eigenvalue weighted by Gasteiger charge is 2.05. The summed E-state index contributed by atoms with van der Waals surface area (Å²) in [5, 5.41) is 18.4. The Kier molecular flexibility index (Phi) is 5.74. The number of rotatable bonds is 0. The SMILES string of the molecule is N#Cc1c[nH]c2ccc(Br)cc2c1=O.N#Cc1c[nH]c2ccc(Br)cc2c1=O. The molecule has 136 valence electrons. The molecular weight excluding hydrogens is 488 g/mol. The highest BCUT2D eigenvalue weighted by atomic mass is 79.9. The average Bonchev–Trinajstić information content (AvgIpc) is 2.70. The Labute approximate surface area is 175 Å². The summed E-state index contributed by atoms with van der Waals surface area (Å²) in [4.78, 5) is 29.1. The lowest BCUT2D eigenvalue weighted by Crippen LogP contribution is -2.06. The van der Waals surface area contributed by atoms with E-state index in [4.69, 9.17) is 10.5 Å². The molecule has 0 aliphatic carbocycles. The molecule has 0 spiro atoms. The minimum Gasteiger partial charge on any atom is -0.360 e. The topological polar surface area (TPSA) is 113 Å². The van der Waals surface area contributed by atoms with Crippen LogP contribution >= 0.6 is 31.9 Å². The standard InChI is InChI=1S/2C10H5BrN2O/c2*11-7-1-2-9-8(3-7)10(14)6(4-12)5-13-9/h2*1-3,5H,(H,13,14). The number of hydrogen-bond acceptors (Lipinski definition) is 4. The Balaban J connectivity index is 0.000000161. The minimum atomic E-state index is -0.234. The zero-order valence-corrected chi connectivity index (χ0v) is 17.3. The van der Waals surface area contributed by atoms with Crippen molar-refractivity contribution in [3.63, 3.8) is 0 Å². The highest BCUT2D eigenvalue weighted by Crippen LogP contribution is 2.16. The lowest BCUT2D eigenvalue weighted by Gasteiger charge is -1.98. The molecule has 2 heterocycles. The molecule has 2 aromatic carbocycles. The van der Waals surface area contributed by atoms with E-state index in [-0.39, 0.29) is 22.0 Å². The maximum absolute atomic E-state index is 11.6. The molecule has 8 heteroatoms. The van der Waals surface area contributed by atoms with Crippen LogP contribution in [-0.4, -0.2) is 9.97 Å². The van der Waals surface area contributed by atoms with Gasteiger partial charge in [0, 0.05) is 43.1 Å². The monoisotopic (exact) mass is 496 g/mol. The number of aromatic amines is 2. The van der Waals surface area contributed by atoms with Crippen LogP contribution in [0.4, 0.5) is 0 Å². The van der Waals surface area contributed by atoms with Crippen molar-refractivity contribution in [1.29, 1.82) is 10.5 Å². The number of H-pyrrole nitrogens is 2. The predicted octanol–water partition coefficient (Wildman–Crippen LogP) is 4.32. The Hall–Kier alpha value is -3.20. The van der Waals surface area contributed by atoms with Gasteiger partial charge in [-0.25, -0.2) is 0 Å². The second-order valence-electron chi connectivity index (χ2n) is 5.67. The first kappa shape index (κ1) is 19.6. The van der Waals surface area contributed by atoms with Crippen LogP contribution in [0.5, 0.6) is 0 Å². The van der Waals surface area contributed by atoms with Crippen molar-refractivity contribution in [2.24, 2.45) is 0 Å². The van der Waals surface area contributed by atoms with E-state index in [1.165, 1.54) is 12.4 Å². The van der Waals surface area contributed by atoms with E-state index in [2.05, 4.69) is 41.8 Å².